The zero-order valence-electron chi connectivity index (χ0n) is 16.6. The van der Waals surface area contributed by atoms with E-state index in [1.54, 1.807) is 13.8 Å². The van der Waals surface area contributed by atoms with Crippen molar-refractivity contribution in [3.8, 4) is 0 Å². The van der Waals surface area contributed by atoms with Gasteiger partial charge in [0.1, 0.15) is 11.8 Å². The molecule has 1 amide bonds. The third kappa shape index (κ3) is 7.46. The maximum atomic E-state index is 12.6. The molecular weight excluding hydrogens is 331 g/mol. The molecule has 3 nitrogen and oxygen atoms in total. The number of ether oxygens (including phenoxy) is 1. The van der Waals surface area contributed by atoms with Crippen LogP contribution < -0.4 is 0 Å². The summed E-state index contributed by atoms with van der Waals surface area (Å²) >= 11 is 0. The van der Waals surface area contributed by atoms with Crippen LogP contribution in [0.2, 0.25) is 0 Å². The van der Waals surface area contributed by atoms with Crippen molar-refractivity contribution in [2.75, 3.05) is 13.7 Å². The molecular formula is C19H32F3NO2. The van der Waals surface area contributed by atoms with Crippen molar-refractivity contribution in [2.45, 2.75) is 66.7 Å². The van der Waals surface area contributed by atoms with Gasteiger partial charge in [-0.1, -0.05) is 57.5 Å². The number of nitrogens with zero attached hydrogens (tertiary/aromatic N) is 1. The second-order valence-electron chi connectivity index (χ2n) is 5.21. The minimum Gasteiger partial charge on any atom is -0.346 e. The van der Waals surface area contributed by atoms with Crippen LogP contribution in [0.4, 0.5) is 13.2 Å². The molecule has 1 unspecified atom stereocenters. The number of amides is 1. The molecule has 1 aliphatic rings. The topological polar surface area (TPSA) is 29.5 Å². The van der Waals surface area contributed by atoms with Crippen molar-refractivity contribution in [3.63, 3.8) is 0 Å². The van der Waals surface area contributed by atoms with Crippen LogP contribution in [-0.4, -0.2) is 36.7 Å². The minimum atomic E-state index is -3.00. The summed E-state index contributed by atoms with van der Waals surface area (Å²) in [7, 11) is 0.500. The Labute approximate surface area is 150 Å². The number of rotatable bonds is 2. The Morgan fingerprint density at radius 3 is 1.96 bits per heavy atom. The lowest BCUT2D eigenvalue weighted by molar-refractivity contribution is -0.157. The van der Waals surface area contributed by atoms with Crippen molar-refractivity contribution in [3.05, 3.63) is 35.4 Å². The zero-order valence-corrected chi connectivity index (χ0v) is 16.6. The van der Waals surface area contributed by atoms with Gasteiger partial charge in [0.25, 0.3) is 5.91 Å². The molecule has 1 aromatic rings. The van der Waals surface area contributed by atoms with Gasteiger partial charge in [0.15, 0.2) is 0 Å². The van der Waals surface area contributed by atoms with Crippen molar-refractivity contribution >= 4 is 5.91 Å². The smallest absolute Gasteiger partial charge is 0.315 e. The van der Waals surface area contributed by atoms with Crippen LogP contribution in [0.15, 0.2) is 24.3 Å². The van der Waals surface area contributed by atoms with Gasteiger partial charge in [0, 0.05) is 0 Å². The molecule has 0 bridgehead atoms. The first kappa shape index (κ1) is 25.7. The summed E-state index contributed by atoms with van der Waals surface area (Å²) in [5.41, 5.74) is 0.994. The standard InChI is InChI=1S/C14H17F2NO2.2C2H6.CH3F/c1-9-4-6-10(7-5-9)11-8-17(13(18)12(15)16)14(2,3)19-11;3*1-2/h4-7,11-12H,8H2,1-3H3;2*1-2H3;1H3. The zero-order chi connectivity index (χ0) is 20.2. The van der Waals surface area contributed by atoms with Crippen LogP contribution >= 0.6 is 0 Å². The maximum Gasteiger partial charge on any atom is 0.315 e. The van der Waals surface area contributed by atoms with Gasteiger partial charge in [-0.15, -0.1) is 0 Å². The van der Waals surface area contributed by atoms with Crippen LogP contribution in [0.25, 0.3) is 0 Å². The van der Waals surface area contributed by atoms with E-state index in [1.165, 1.54) is 0 Å². The van der Waals surface area contributed by atoms with Gasteiger partial charge in [0.2, 0.25) is 0 Å². The third-order valence-corrected chi connectivity index (χ3v) is 3.33. The quantitative estimate of drug-likeness (QED) is 0.691. The fraction of sp³-hybridized carbons (Fsp3) is 0.632. The maximum absolute atomic E-state index is 12.6. The molecule has 2 rings (SSSR count). The van der Waals surface area contributed by atoms with Crippen LogP contribution in [-0.2, 0) is 9.53 Å². The van der Waals surface area contributed by atoms with Crippen LogP contribution in [0.1, 0.15) is 58.8 Å². The fourth-order valence-corrected chi connectivity index (χ4v) is 2.26. The van der Waals surface area contributed by atoms with Crippen LogP contribution in [0.5, 0.6) is 0 Å². The summed E-state index contributed by atoms with van der Waals surface area (Å²) in [6.07, 6.45) is -3.36. The van der Waals surface area contributed by atoms with E-state index in [9.17, 15) is 18.0 Å². The molecule has 0 saturated carbocycles. The van der Waals surface area contributed by atoms with E-state index in [1.807, 2.05) is 58.9 Å². The predicted molar refractivity (Wildman–Crippen MR) is 96.5 cm³/mol. The van der Waals surface area contributed by atoms with E-state index in [2.05, 4.69) is 0 Å². The van der Waals surface area contributed by atoms with Crippen molar-refractivity contribution in [1.82, 2.24) is 4.90 Å². The lowest BCUT2D eigenvalue weighted by Gasteiger charge is -2.29. The SMILES string of the molecule is CC.CC.CF.Cc1ccc(C2CN(C(=O)C(F)F)C(C)(C)O2)cc1. The van der Waals surface area contributed by atoms with Gasteiger partial charge in [-0.25, -0.2) is 0 Å². The summed E-state index contributed by atoms with van der Waals surface area (Å²) < 4.78 is 40.3. The molecule has 0 spiro atoms. The van der Waals surface area contributed by atoms with Gasteiger partial charge in [-0.3, -0.25) is 9.18 Å². The predicted octanol–water partition coefficient (Wildman–Crippen LogP) is 5.53. The number of hydrogen-bond donors (Lipinski definition) is 0. The lowest BCUT2D eigenvalue weighted by Crippen LogP contribution is -2.46. The molecule has 1 fully saturated rings. The molecule has 0 N–H and O–H groups in total. The average Bonchev–Trinajstić information content (AvgIpc) is 2.95. The number of carbonyl (C=O) groups is 1. The highest BCUT2D eigenvalue weighted by atomic mass is 19.3. The highest BCUT2D eigenvalue weighted by Gasteiger charge is 2.44. The molecule has 1 aliphatic heterocycles. The van der Waals surface area contributed by atoms with E-state index in [4.69, 9.17) is 4.74 Å². The molecule has 25 heavy (non-hydrogen) atoms. The Hall–Kier alpha value is -1.56. The summed E-state index contributed by atoms with van der Waals surface area (Å²) in [6, 6.07) is 7.66. The van der Waals surface area contributed by atoms with Gasteiger partial charge >= 0.3 is 6.43 Å². The van der Waals surface area contributed by atoms with E-state index in [0.29, 0.717) is 7.18 Å². The Kier molecular flexibility index (Phi) is 13.1. The number of aryl methyl sites for hydroxylation is 1. The number of benzene rings is 1. The van der Waals surface area contributed by atoms with E-state index >= 15 is 0 Å². The third-order valence-electron chi connectivity index (χ3n) is 3.33. The average molecular weight is 363 g/mol. The fourth-order valence-electron chi connectivity index (χ4n) is 2.26. The minimum absolute atomic E-state index is 0.152. The molecule has 1 saturated heterocycles. The Morgan fingerprint density at radius 1 is 1.12 bits per heavy atom. The number of alkyl halides is 3. The first-order valence-electron chi connectivity index (χ1n) is 8.53. The van der Waals surface area contributed by atoms with Crippen molar-refractivity contribution in [2.24, 2.45) is 0 Å². The summed E-state index contributed by atoms with van der Waals surface area (Å²) in [4.78, 5) is 12.6. The molecule has 0 aliphatic carbocycles. The van der Waals surface area contributed by atoms with Crippen LogP contribution in [0, 0.1) is 6.92 Å². The Morgan fingerprint density at radius 2 is 1.56 bits per heavy atom. The summed E-state index contributed by atoms with van der Waals surface area (Å²) in [5.74, 6) is -1.18. The van der Waals surface area contributed by atoms with E-state index in [0.717, 1.165) is 16.0 Å². The number of halogens is 3. The van der Waals surface area contributed by atoms with Crippen molar-refractivity contribution < 1.29 is 22.7 Å². The summed E-state index contributed by atoms with van der Waals surface area (Å²) in [5, 5.41) is 0. The highest BCUT2D eigenvalue weighted by Crippen LogP contribution is 2.36. The second kappa shape index (κ2) is 12.8. The molecule has 0 aromatic heterocycles. The van der Waals surface area contributed by atoms with E-state index < -0.39 is 18.1 Å². The monoisotopic (exact) mass is 363 g/mol. The molecule has 146 valence electrons. The van der Waals surface area contributed by atoms with Gasteiger partial charge in [-0.2, -0.15) is 8.78 Å². The molecule has 0 radical (unpaired) electrons. The Bertz CT molecular complexity index is 476. The summed E-state index contributed by atoms with van der Waals surface area (Å²) in [6.45, 7) is 13.4. The highest BCUT2D eigenvalue weighted by molar-refractivity contribution is 5.80. The molecule has 1 atom stereocenters. The Balaban J connectivity index is 0. The lowest BCUT2D eigenvalue weighted by atomic mass is 10.1. The number of hydrogen-bond acceptors (Lipinski definition) is 2. The number of carbonyl (C=O) groups excluding carboxylic acids is 1. The first-order chi connectivity index (χ1) is 11.8. The van der Waals surface area contributed by atoms with Gasteiger partial charge < -0.3 is 9.64 Å². The second-order valence-corrected chi connectivity index (χ2v) is 5.21. The van der Waals surface area contributed by atoms with Gasteiger partial charge in [-0.05, 0) is 26.3 Å². The van der Waals surface area contributed by atoms with E-state index in [-0.39, 0.29) is 12.6 Å². The molecule has 6 heteroatoms. The van der Waals surface area contributed by atoms with Gasteiger partial charge in [0.05, 0.1) is 13.7 Å². The largest absolute Gasteiger partial charge is 0.346 e. The first-order valence-corrected chi connectivity index (χ1v) is 8.53. The normalized spacial score (nSPS) is 17.4. The van der Waals surface area contributed by atoms with Crippen LogP contribution in [0.3, 0.4) is 0 Å². The molecule has 1 heterocycles. The molecule has 1 aromatic carbocycles. The van der Waals surface area contributed by atoms with Crippen molar-refractivity contribution in [1.29, 1.82) is 0 Å².